The molecule has 4 rings (SSSR count). The molecule has 0 amide bonds. The third kappa shape index (κ3) is 5.36. The largest absolute Gasteiger partial charge is 0.542 e. The topological polar surface area (TPSA) is 71.5 Å². The van der Waals surface area contributed by atoms with Crippen molar-refractivity contribution in [3.8, 4) is 0 Å². The van der Waals surface area contributed by atoms with E-state index in [1.165, 1.54) is 31.9 Å². The summed E-state index contributed by atoms with van der Waals surface area (Å²) < 4.78 is 34.1. The molecule has 2 heterocycles. The van der Waals surface area contributed by atoms with Crippen LogP contribution in [0, 0.1) is 13.8 Å². The SMILES string of the molecule is Cc1cc(N(C)C)cc2[s+]c3cc(N4CCNCC4)cc(C)c3nc12.O=C([O-])C(F)(F)F. The van der Waals surface area contributed by atoms with Gasteiger partial charge in [-0.2, -0.15) is 13.2 Å². The number of nitrogens with zero attached hydrogens (tertiary/aromatic N) is 3. The summed E-state index contributed by atoms with van der Waals surface area (Å²) in [6.45, 7) is 8.60. The minimum atomic E-state index is -5.19. The lowest BCUT2D eigenvalue weighted by molar-refractivity contribution is -0.344. The Labute approximate surface area is 188 Å². The normalized spacial score (nSPS) is 14.3. The predicted molar refractivity (Wildman–Crippen MR) is 121 cm³/mol. The molecule has 0 aliphatic carbocycles. The van der Waals surface area contributed by atoms with Gasteiger partial charge in [0.25, 0.3) is 9.40 Å². The molecule has 0 atom stereocenters. The molecular weight excluding hydrogens is 441 g/mol. The van der Waals surface area contributed by atoms with Crippen molar-refractivity contribution >= 4 is 49.1 Å². The lowest BCUT2D eigenvalue weighted by Gasteiger charge is -2.29. The van der Waals surface area contributed by atoms with Crippen LogP contribution in [0.15, 0.2) is 24.3 Å². The summed E-state index contributed by atoms with van der Waals surface area (Å²) >= 11 is 1.86. The number of aliphatic carboxylic acids is 1. The van der Waals surface area contributed by atoms with Gasteiger partial charge in [-0.05, 0) is 37.1 Å². The number of benzene rings is 2. The van der Waals surface area contributed by atoms with Gasteiger partial charge < -0.3 is 25.0 Å². The summed E-state index contributed by atoms with van der Waals surface area (Å²) in [5.74, 6) is -3.01. The molecule has 0 radical (unpaired) electrons. The van der Waals surface area contributed by atoms with Crippen molar-refractivity contribution in [3.05, 3.63) is 35.4 Å². The molecule has 1 fully saturated rings. The highest BCUT2D eigenvalue weighted by Crippen LogP contribution is 2.34. The average molecular weight is 467 g/mol. The van der Waals surface area contributed by atoms with E-state index in [0.29, 0.717) is 0 Å². The van der Waals surface area contributed by atoms with Gasteiger partial charge in [-0.3, -0.25) is 0 Å². The number of carboxylic acids is 1. The first kappa shape index (κ1) is 23.9. The van der Waals surface area contributed by atoms with Crippen molar-refractivity contribution in [1.29, 1.82) is 0 Å². The molecule has 32 heavy (non-hydrogen) atoms. The summed E-state index contributed by atoms with van der Waals surface area (Å²) in [6, 6.07) is 9.09. The highest BCUT2D eigenvalue weighted by Gasteiger charge is 2.28. The fraction of sp³-hybridized carbons (Fsp3) is 0.409. The van der Waals surface area contributed by atoms with E-state index in [4.69, 9.17) is 14.9 Å². The van der Waals surface area contributed by atoms with Gasteiger partial charge in [0, 0.05) is 63.8 Å². The van der Waals surface area contributed by atoms with E-state index < -0.39 is 12.1 Å². The van der Waals surface area contributed by atoms with Crippen LogP contribution >= 0.6 is 11.3 Å². The first-order valence-corrected chi connectivity index (χ1v) is 10.9. The standard InChI is InChI=1S/C20H25N4S.C2HF3O2/c1-13-9-15(23(3)4)11-17-19(13)22-20-14(2)10-16(12-18(20)25-17)24-7-5-21-6-8-24;3-2(4,5)1(6)7/h9-12,21H,5-8H2,1-4H3;(H,6,7)/q+1;/p-1. The van der Waals surface area contributed by atoms with Crippen molar-refractivity contribution in [2.45, 2.75) is 20.0 Å². The summed E-state index contributed by atoms with van der Waals surface area (Å²) in [5, 5.41) is 12.2. The second-order valence-corrected chi connectivity index (χ2v) is 8.93. The zero-order chi connectivity index (χ0) is 23.6. The van der Waals surface area contributed by atoms with Crippen molar-refractivity contribution in [3.63, 3.8) is 0 Å². The number of aromatic nitrogens is 1. The van der Waals surface area contributed by atoms with Crippen LogP contribution in [0.2, 0.25) is 0 Å². The first-order chi connectivity index (χ1) is 15.0. The summed E-state index contributed by atoms with van der Waals surface area (Å²) in [5.41, 5.74) is 7.32. The van der Waals surface area contributed by atoms with Crippen LogP contribution < -0.4 is 20.2 Å². The number of fused-ring (bicyclic) bond motifs is 2. The third-order valence-corrected chi connectivity index (χ3v) is 6.24. The molecule has 0 saturated carbocycles. The zero-order valence-electron chi connectivity index (χ0n) is 18.3. The molecule has 172 valence electrons. The fourth-order valence-electron chi connectivity index (χ4n) is 3.49. The molecule has 1 aliphatic rings. The van der Waals surface area contributed by atoms with E-state index in [2.05, 4.69) is 67.3 Å². The van der Waals surface area contributed by atoms with Gasteiger partial charge in [0.05, 0.1) is 0 Å². The number of rotatable bonds is 2. The quantitative estimate of drug-likeness (QED) is 0.462. The molecule has 0 spiro atoms. The van der Waals surface area contributed by atoms with Gasteiger partial charge in [-0.1, -0.05) is 0 Å². The van der Waals surface area contributed by atoms with Crippen LogP contribution in [0.4, 0.5) is 24.5 Å². The Balaban J connectivity index is 0.000000360. The average Bonchev–Trinajstić information content (AvgIpc) is 2.73. The Bertz CT molecular complexity index is 1150. The minimum Gasteiger partial charge on any atom is -0.542 e. The molecular formula is C22H25F3N4O2S. The van der Waals surface area contributed by atoms with Crippen LogP contribution in [-0.4, -0.2) is 57.4 Å². The number of hydrogen-bond donors (Lipinski definition) is 1. The van der Waals surface area contributed by atoms with Crippen LogP contribution in [0.5, 0.6) is 0 Å². The second-order valence-electron chi connectivity index (χ2n) is 7.85. The van der Waals surface area contributed by atoms with E-state index in [1.54, 1.807) is 0 Å². The van der Waals surface area contributed by atoms with Crippen molar-refractivity contribution in [1.82, 2.24) is 10.3 Å². The summed E-state index contributed by atoms with van der Waals surface area (Å²) in [4.78, 5) is 18.4. The maximum Gasteiger partial charge on any atom is 0.430 e. The number of halogens is 3. The molecule has 0 bridgehead atoms. The minimum absolute atomic E-state index is 1.06. The molecule has 2 aromatic carbocycles. The lowest BCUT2D eigenvalue weighted by Crippen LogP contribution is -2.43. The number of hydrogen-bond acceptors (Lipinski definition) is 6. The van der Waals surface area contributed by atoms with E-state index in [-0.39, 0.29) is 0 Å². The molecule has 10 heteroatoms. The summed E-state index contributed by atoms with van der Waals surface area (Å²) in [7, 11) is 4.18. The third-order valence-electron chi connectivity index (χ3n) is 5.17. The first-order valence-electron chi connectivity index (χ1n) is 10.1. The van der Waals surface area contributed by atoms with Crippen LogP contribution in [-0.2, 0) is 4.79 Å². The van der Waals surface area contributed by atoms with Gasteiger partial charge in [-0.25, -0.2) is 4.98 Å². The van der Waals surface area contributed by atoms with Crippen molar-refractivity contribution < 1.29 is 23.1 Å². The van der Waals surface area contributed by atoms with Crippen LogP contribution in [0.25, 0.3) is 20.4 Å². The Kier molecular flexibility index (Phi) is 7.04. The van der Waals surface area contributed by atoms with Gasteiger partial charge >= 0.3 is 6.18 Å². The van der Waals surface area contributed by atoms with Crippen molar-refractivity contribution in [2.24, 2.45) is 0 Å². The lowest BCUT2D eigenvalue weighted by atomic mass is 10.1. The monoisotopic (exact) mass is 466 g/mol. The number of alkyl halides is 3. The maximum atomic E-state index is 10.5. The van der Waals surface area contributed by atoms with E-state index >= 15 is 0 Å². The van der Waals surface area contributed by atoms with Crippen LogP contribution in [0.3, 0.4) is 0 Å². The molecule has 1 aliphatic heterocycles. The van der Waals surface area contributed by atoms with Gasteiger partial charge in [0.15, 0.2) is 0 Å². The number of carbonyl (C=O) groups is 1. The molecule has 1 aromatic heterocycles. The summed E-state index contributed by atoms with van der Waals surface area (Å²) in [6.07, 6.45) is -5.19. The van der Waals surface area contributed by atoms with Crippen LogP contribution in [0.1, 0.15) is 11.1 Å². The van der Waals surface area contributed by atoms with E-state index in [1.807, 2.05) is 11.3 Å². The Morgan fingerprint density at radius 2 is 1.59 bits per heavy atom. The predicted octanol–water partition coefficient (Wildman–Crippen LogP) is 3.12. The van der Waals surface area contributed by atoms with E-state index in [9.17, 15) is 13.2 Å². The number of aryl methyl sites for hydroxylation is 2. The molecule has 3 aromatic rings. The van der Waals surface area contributed by atoms with E-state index in [0.717, 1.165) is 37.2 Å². The molecule has 0 unspecified atom stereocenters. The number of anilines is 2. The maximum absolute atomic E-state index is 10.5. The highest BCUT2D eigenvalue weighted by atomic mass is 32.1. The number of nitrogens with one attached hydrogen (secondary N) is 1. The van der Waals surface area contributed by atoms with Gasteiger partial charge in [0.2, 0.25) is 11.3 Å². The van der Waals surface area contributed by atoms with Gasteiger partial charge in [0.1, 0.15) is 17.0 Å². The Hall–Kier alpha value is -2.72. The van der Waals surface area contributed by atoms with Gasteiger partial charge in [-0.15, -0.1) is 0 Å². The Morgan fingerprint density at radius 3 is 2.12 bits per heavy atom. The second kappa shape index (κ2) is 9.41. The number of carbonyl (C=O) groups excluding carboxylic acids is 1. The molecule has 1 N–H and O–H groups in total. The zero-order valence-corrected chi connectivity index (χ0v) is 19.2. The Morgan fingerprint density at radius 1 is 1.06 bits per heavy atom. The smallest absolute Gasteiger partial charge is 0.430 e. The molecule has 1 saturated heterocycles. The number of carboxylic acid groups (broad SMARTS) is 1. The highest BCUT2D eigenvalue weighted by molar-refractivity contribution is 7.24. The molecule has 6 nitrogen and oxygen atoms in total. The fourth-order valence-corrected chi connectivity index (χ4v) is 4.70. The van der Waals surface area contributed by atoms with Crippen molar-refractivity contribution in [2.75, 3.05) is 50.1 Å². The number of piperazine rings is 1.